The summed E-state index contributed by atoms with van der Waals surface area (Å²) in [5.74, 6) is -0.405. The zero-order valence-corrected chi connectivity index (χ0v) is 16.0. The number of amides is 2. The van der Waals surface area contributed by atoms with Crippen molar-refractivity contribution in [3.05, 3.63) is 40.9 Å². The third-order valence-corrected chi connectivity index (χ3v) is 4.40. The summed E-state index contributed by atoms with van der Waals surface area (Å²) in [5.41, 5.74) is 2.75. The van der Waals surface area contributed by atoms with Crippen LogP contribution < -0.4 is 10.6 Å². The number of hydrogen-bond donors (Lipinski definition) is 2. The average molecular weight is 359 g/mol. The first-order valence-electron chi connectivity index (χ1n) is 8.38. The SMILES string of the molecule is CCc1ccc(-c2nc(CC(=O)NCC(=O)NC(C)(C)C)cs2)cc1. The van der Waals surface area contributed by atoms with Gasteiger partial charge in [-0.1, -0.05) is 31.2 Å². The first-order valence-corrected chi connectivity index (χ1v) is 9.26. The van der Waals surface area contributed by atoms with Gasteiger partial charge in [-0.2, -0.15) is 0 Å². The maximum Gasteiger partial charge on any atom is 0.239 e. The molecule has 0 bridgehead atoms. The molecule has 2 rings (SSSR count). The summed E-state index contributed by atoms with van der Waals surface area (Å²) in [5, 5.41) is 8.22. The smallest absolute Gasteiger partial charge is 0.239 e. The van der Waals surface area contributed by atoms with E-state index in [1.165, 1.54) is 16.9 Å². The van der Waals surface area contributed by atoms with Crippen molar-refractivity contribution in [3.63, 3.8) is 0 Å². The number of aromatic nitrogens is 1. The monoisotopic (exact) mass is 359 g/mol. The molecule has 2 N–H and O–H groups in total. The number of carbonyl (C=O) groups is 2. The van der Waals surface area contributed by atoms with Gasteiger partial charge in [0, 0.05) is 16.5 Å². The van der Waals surface area contributed by atoms with Crippen molar-refractivity contribution in [2.75, 3.05) is 6.54 Å². The van der Waals surface area contributed by atoms with Crippen LogP contribution in [-0.4, -0.2) is 28.9 Å². The Bertz CT molecular complexity index is 730. The molecule has 0 radical (unpaired) electrons. The summed E-state index contributed by atoms with van der Waals surface area (Å²) in [6, 6.07) is 8.30. The number of thiazole rings is 1. The van der Waals surface area contributed by atoms with Crippen molar-refractivity contribution in [2.24, 2.45) is 0 Å². The third-order valence-electron chi connectivity index (χ3n) is 3.46. The minimum atomic E-state index is -0.307. The standard InChI is InChI=1S/C19H25N3O2S/c1-5-13-6-8-14(9-7-13)18-21-15(12-25-18)10-16(23)20-11-17(24)22-19(2,3)4/h6-9,12H,5,10-11H2,1-4H3,(H,20,23)(H,22,24). The third kappa shape index (κ3) is 6.31. The molecule has 0 unspecified atom stereocenters. The second-order valence-corrected chi connectivity index (χ2v) is 7.80. The Morgan fingerprint density at radius 2 is 1.80 bits per heavy atom. The Hall–Kier alpha value is -2.21. The molecule has 134 valence electrons. The van der Waals surface area contributed by atoms with E-state index in [0.717, 1.165) is 17.0 Å². The van der Waals surface area contributed by atoms with Crippen LogP contribution in [-0.2, 0) is 22.4 Å². The number of nitrogens with one attached hydrogen (secondary N) is 2. The first kappa shape index (κ1) is 19.1. The second kappa shape index (κ2) is 8.25. The van der Waals surface area contributed by atoms with Gasteiger partial charge in [0.1, 0.15) is 5.01 Å². The second-order valence-electron chi connectivity index (χ2n) is 6.95. The lowest BCUT2D eigenvalue weighted by Crippen LogP contribution is -2.46. The molecule has 6 heteroatoms. The first-order chi connectivity index (χ1) is 11.8. The topological polar surface area (TPSA) is 71.1 Å². The summed E-state index contributed by atoms with van der Waals surface area (Å²) in [6.07, 6.45) is 1.18. The van der Waals surface area contributed by atoms with E-state index in [1.807, 2.05) is 26.2 Å². The number of aryl methyl sites for hydroxylation is 1. The van der Waals surface area contributed by atoms with Crippen LogP contribution >= 0.6 is 11.3 Å². The van der Waals surface area contributed by atoms with E-state index in [9.17, 15) is 9.59 Å². The van der Waals surface area contributed by atoms with Crippen LogP contribution in [0, 0.1) is 0 Å². The highest BCUT2D eigenvalue weighted by Crippen LogP contribution is 2.24. The Labute approximate surface area is 152 Å². The molecule has 2 aromatic rings. The van der Waals surface area contributed by atoms with E-state index in [4.69, 9.17) is 0 Å². The lowest BCUT2D eigenvalue weighted by molar-refractivity contribution is -0.126. The van der Waals surface area contributed by atoms with E-state index < -0.39 is 0 Å². The molecule has 0 aliphatic carbocycles. The Balaban J connectivity index is 1.87. The van der Waals surface area contributed by atoms with Crippen LogP contribution in [0.1, 0.15) is 39.0 Å². The fraction of sp³-hybridized carbons (Fsp3) is 0.421. The van der Waals surface area contributed by atoms with Crippen LogP contribution in [0.5, 0.6) is 0 Å². The fourth-order valence-electron chi connectivity index (χ4n) is 2.27. The minimum absolute atomic E-state index is 0.0222. The van der Waals surface area contributed by atoms with Crippen LogP contribution in [0.25, 0.3) is 10.6 Å². The number of nitrogens with zero attached hydrogens (tertiary/aromatic N) is 1. The van der Waals surface area contributed by atoms with Crippen molar-refractivity contribution in [1.29, 1.82) is 0 Å². The van der Waals surface area contributed by atoms with Gasteiger partial charge in [0.15, 0.2) is 0 Å². The van der Waals surface area contributed by atoms with Crippen LogP contribution in [0.15, 0.2) is 29.6 Å². The van der Waals surface area contributed by atoms with E-state index in [-0.39, 0.29) is 30.3 Å². The molecule has 0 saturated heterocycles. The molecular weight excluding hydrogens is 334 g/mol. The van der Waals surface area contributed by atoms with Gasteiger partial charge >= 0.3 is 0 Å². The molecule has 0 saturated carbocycles. The number of hydrogen-bond acceptors (Lipinski definition) is 4. The van der Waals surface area contributed by atoms with Crippen LogP contribution in [0.2, 0.25) is 0 Å². The van der Waals surface area contributed by atoms with Crippen molar-refractivity contribution in [2.45, 2.75) is 46.1 Å². The van der Waals surface area contributed by atoms with E-state index in [0.29, 0.717) is 5.69 Å². The fourth-order valence-corrected chi connectivity index (χ4v) is 3.10. The molecule has 1 heterocycles. The Kier molecular flexibility index (Phi) is 6.31. The highest BCUT2D eigenvalue weighted by Gasteiger charge is 2.15. The number of rotatable bonds is 6. The highest BCUT2D eigenvalue weighted by molar-refractivity contribution is 7.13. The van der Waals surface area contributed by atoms with Gasteiger partial charge in [0.2, 0.25) is 11.8 Å². The van der Waals surface area contributed by atoms with Crippen LogP contribution in [0.3, 0.4) is 0 Å². The number of benzene rings is 1. The van der Waals surface area contributed by atoms with Gasteiger partial charge in [0.05, 0.1) is 18.7 Å². The van der Waals surface area contributed by atoms with E-state index >= 15 is 0 Å². The number of carbonyl (C=O) groups excluding carboxylic acids is 2. The van der Waals surface area contributed by atoms with Gasteiger partial charge < -0.3 is 10.6 Å². The average Bonchev–Trinajstić information content (AvgIpc) is 3.00. The minimum Gasteiger partial charge on any atom is -0.350 e. The van der Waals surface area contributed by atoms with Gasteiger partial charge in [-0.05, 0) is 32.8 Å². The predicted molar refractivity (Wildman–Crippen MR) is 102 cm³/mol. The molecule has 5 nitrogen and oxygen atoms in total. The van der Waals surface area contributed by atoms with Gasteiger partial charge in [-0.3, -0.25) is 9.59 Å². The van der Waals surface area contributed by atoms with Crippen molar-refractivity contribution in [3.8, 4) is 10.6 Å². The van der Waals surface area contributed by atoms with Gasteiger partial charge in [-0.15, -0.1) is 11.3 Å². The predicted octanol–water partition coefficient (Wildman–Crippen LogP) is 2.95. The quantitative estimate of drug-likeness (QED) is 0.833. The zero-order chi connectivity index (χ0) is 18.4. The zero-order valence-electron chi connectivity index (χ0n) is 15.2. The summed E-state index contributed by atoms with van der Waals surface area (Å²) in [7, 11) is 0. The van der Waals surface area contributed by atoms with Gasteiger partial charge in [-0.25, -0.2) is 4.98 Å². The Morgan fingerprint density at radius 1 is 1.12 bits per heavy atom. The molecular formula is C19H25N3O2S. The molecule has 1 aromatic heterocycles. The molecule has 0 aliphatic rings. The van der Waals surface area contributed by atoms with E-state index in [1.54, 1.807) is 0 Å². The van der Waals surface area contributed by atoms with E-state index in [2.05, 4.69) is 46.8 Å². The van der Waals surface area contributed by atoms with Crippen molar-refractivity contribution in [1.82, 2.24) is 15.6 Å². The van der Waals surface area contributed by atoms with Crippen molar-refractivity contribution >= 4 is 23.2 Å². The summed E-state index contributed by atoms with van der Waals surface area (Å²) < 4.78 is 0. The van der Waals surface area contributed by atoms with Crippen molar-refractivity contribution < 1.29 is 9.59 Å². The maximum atomic E-state index is 12.0. The molecule has 0 aliphatic heterocycles. The van der Waals surface area contributed by atoms with Gasteiger partial charge in [0.25, 0.3) is 0 Å². The molecule has 1 aromatic carbocycles. The molecule has 0 atom stereocenters. The van der Waals surface area contributed by atoms with Crippen LogP contribution in [0.4, 0.5) is 0 Å². The summed E-state index contributed by atoms with van der Waals surface area (Å²) in [6.45, 7) is 7.80. The Morgan fingerprint density at radius 3 is 2.40 bits per heavy atom. The lowest BCUT2D eigenvalue weighted by Gasteiger charge is -2.20. The molecule has 0 fully saturated rings. The normalized spacial score (nSPS) is 11.2. The lowest BCUT2D eigenvalue weighted by atomic mass is 10.1. The molecule has 0 spiro atoms. The highest BCUT2D eigenvalue weighted by atomic mass is 32.1. The molecule has 25 heavy (non-hydrogen) atoms. The molecule has 2 amide bonds. The largest absolute Gasteiger partial charge is 0.350 e. The maximum absolute atomic E-state index is 12.0. The summed E-state index contributed by atoms with van der Waals surface area (Å²) >= 11 is 1.52. The summed E-state index contributed by atoms with van der Waals surface area (Å²) in [4.78, 5) is 28.2.